The standard InChI is InChI=1S/C51H31N3O/c1-3-14-32(15-4-1)36-18-13-19-37(30-36)50-39-21-8-11-24-43(39)53-51(54-50)35-28-26-34(27-29-35)49-41-31-45-48(40-22-9-12-25-44(40)55-45)46(33-16-5-2-6-17-33)47(41)38-20-7-10-23-42(38)52-49/h1-31H. The van der Waals surface area contributed by atoms with Gasteiger partial charge in [0.1, 0.15) is 11.2 Å². The van der Waals surface area contributed by atoms with E-state index in [2.05, 4.69) is 158 Å². The Kier molecular flexibility index (Phi) is 7.14. The zero-order valence-electron chi connectivity index (χ0n) is 29.6. The molecular formula is C51H31N3O. The normalized spacial score (nSPS) is 11.6. The molecule has 0 aliphatic rings. The lowest BCUT2D eigenvalue weighted by atomic mass is 9.89. The van der Waals surface area contributed by atoms with Crippen LogP contribution in [0.3, 0.4) is 0 Å². The summed E-state index contributed by atoms with van der Waals surface area (Å²) in [6.07, 6.45) is 0. The van der Waals surface area contributed by atoms with Gasteiger partial charge in [0.25, 0.3) is 0 Å². The van der Waals surface area contributed by atoms with Gasteiger partial charge < -0.3 is 4.42 Å². The summed E-state index contributed by atoms with van der Waals surface area (Å²) in [6.45, 7) is 0. The monoisotopic (exact) mass is 701 g/mol. The Labute approximate surface area is 317 Å². The quantitative estimate of drug-likeness (QED) is 0.168. The highest BCUT2D eigenvalue weighted by Gasteiger charge is 2.22. The van der Waals surface area contributed by atoms with Crippen molar-refractivity contribution in [1.29, 1.82) is 0 Å². The molecule has 0 radical (unpaired) electrons. The Balaban J connectivity index is 1.10. The lowest BCUT2D eigenvalue weighted by Gasteiger charge is -2.16. The van der Waals surface area contributed by atoms with E-state index in [0.29, 0.717) is 5.82 Å². The van der Waals surface area contributed by atoms with Crippen molar-refractivity contribution in [3.8, 4) is 56.2 Å². The number of hydrogen-bond donors (Lipinski definition) is 0. The summed E-state index contributed by atoms with van der Waals surface area (Å²) >= 11 is 0. The zero-order valence-corrected chi connectivity index (χ0v) is 29.6. The summed E-state index contributed by atoms with van der Waals surface area (Å²) < 4.78 is 6.57. The summed E-state index contributed by atoms with van der Waals surface area (Å²) in [5.74, 6) is 0.678. The lowest BCUT2D eigenvalue weighted by Crippen LogP contribution is -1.96. The molecule has 0 atom stereocenters. The van der Waals surface area contributed by atoms with Crippen LogP contribution in [0.2, 0.25) is 0 Å². The number of furan rings is 1. The third-order valence-electron chi connectivity index (χ3n) is 10.7. The zero-order chi connectivity index (χ0) is 36.3. The first kappa shape index (κ1) is 31.1. The van der Waals surface area contributed by atoms with E-state index >= 15 is 0 Å². The topological polar surface area (TPSA) is 51.8 Å². The van der Waals surface area contributed by atoms with E-state index in [1.54, 1.807) is 0 Å². The molecule has 8 aromatic carbocycles. The van der Waals surface area contributed by atoms with Crippen LogP contribution >= 0.6 is 0 Å². The predicted octanol–water partition coefficient (Wildman–Crippen LogP) is 13.6. The highest BCUT2D eigenvalue weighted by atomic mass is 16.3. The van der Waals surface area contributed by atoms with Gasteiger partial charge in [0.2, 0.25) is 0 Å². The van der Waals surface area contributed by atoms with E-state index in [1.165, 1.54) is 5.56 Å². The Bertz CT molecular complexity index is 3240. The number of para-hydroxylation sites is 3. The lowest BCUT2D eigenvalue weighted by molar-refractivity contribution is 0.669. The van der Waals surface area contributed by atoms with Crippen molar-refractivity contribution in [1.82, 2.24) is 15.0 Å². The van der Waals surface area contributed by atoms with Gasteiger partial charge in [0.05, 0.1) is 22.4 Å². The SMILES string of the molecule is c1ccc(-c2cccc(-c3nc(-c4ccc(-c5nc6ccccc6c6c(-c7ccccc7)c7c(cc56)oc5ccccc57)cc4)nc4ccccc34)c2)cc1. The summed E-state index contributed by atoms with van der Waals surface area (Å²) in [4.78, 5) is 15.6. The van der Waals surface area contributed by atoms with Gasteiger partial charge in [-0.1, -0.05) is 158 Å². The van der Waals surface area contributed by atoms with Gasteiger partial charge in [0, 0.05) is 54.6 Å². The minimum absolute atomic E-state index is 0.678. The molecule has 0 N–H and O–H groups in total. The van der Waals surface area contributed by atoms with Crippen LogP contribution in [0.5, 0.6) is 0 Å². The Morgan fingerprint density at radius 1 is 0.309 bits per heavy atom. The highest BCUT2D eigenvalue weighted by molar-refractivity contribution is 6.27. The molecule has 0 fully saturated rings. The maximum Gasteiger partial charge on any atom is 0.160 e. The van der Waals surface area contributed by atoms with Crippen molar-refractivity contribution in [2.24, 2.45) is 0 Å². The molecule has 0 saturated heterocycles. The van der Waals surface area contributed by atoms with Gasteiger partial charge >= 0.3 is 0 Å². The summed E-state index contributed by atoms with van der Waals surface area (Å²) in [7, 11) is 0. The molecule has 0 amide bonds. The molecule has 0 aliphatic heterocycles. The first-order chi connectivity index (χ1) is 27.3. The number of nitrogens with zero attached hydrogens (tertiary/aromatic N) is 3. The first-order valence-electron chi connectivity index (χ1n) is 18.5. The van der Waals surface area contributed by atoms with E-state index in [1.807, 2.05) is 30.3 Å². The van der Waals surface area contributed by atoms with Crippen LogP contribution in [0.1, 0.15) is 0 Å². The van der Waals surface area contributed by atoms with Crippen LogP contribution in [-0.4, -0.2) is 15.0 Å². The second-order valence-corrected chi connectivity index (χ2v) is 13.9. The Hall–Kier alpha value is -7.43. The minimum Gasteiger partial charge on any atom is -0.456 e. The molecule has 0 saturated carbocycles. The average molecular weight is 702 g/mol. The van der Waals surface area contributed by atoms with Crippen molar-refractivity contribution in [2.45, 2.75) is 0 Å². The molecule has 4 nitrogen and oxygen atoms in total. The highest BCUT2D eigenvalue weighted by Crippen LogP contribution is 2.46. The largest absolute Gasteiger partial charge is 0.456 e. The van der Waals surface area contributed by atoms with E-state index < -0.39 is 0 Å². The van der Waals surface area contributed by atoms with Gasteiger partial charge in [-0.2, -0.15) is 0 Å². The molecule has 0 spiro atoms. The number of fused-ring (bicyclic) bond motifs is 7. The van der Waals surface area contributed by atoms with Crippen LogP contribution in [0.25, 0.3) is 111 Å². The third-order valence-corrected chi connectivity index (χ3v) is 10.7. The number of rotatable bonds is 5. The number of pyridine rings is 1. The summed E-state index contributed by atoms with van der Waals surface area (Å²) in [6, 6.07) is 65.4. The fraction of sp³-hybridized carbons (Fsp3) is 0. The predicted molar refractivity (Wildman–Crippen MR) is 227 cm³/mol. The molecule has 3 heterocycles. The fourth-order valence-corrected chi connectivity index (χ4v) is 8.11. The van der Waals surface area contributed by atoms with Crippen LogP contribution in [0, 0.1) is 0 Å². The molecule has 0 unspecified atom stereocenters. The Morgan fingerprint density at radius 3 is 1.67 bits per heavy atom. The van der Waals surface area contributed by atoms with E-state index in [9.17, 15) is 0 Å². The van der Waals surface area contributed by atoms with Gasteiger partial charge in [-0.3, -0.25) is 0 Å². The summed E-state index contributed by atoms with van der Waals surface area (Å²) in [5.41, 5.74) is 13.0. The van der Waals surface area contributed by atoms with Crippen LogP contribution in [0.4, 0.5) is 0 Å². The maximum absolute atomic E-state index is 6.57. The molecule has 0 bridgehead atoms. The molecule has 55 heavy (non-hydrogen) atoms. The van der Waals surface area contributed by atoms with Crippen molar-refractivity contribution in [3.05, 3.63) is 188 Å². The van der Waals surface area contributed by atoms with Gasteiger partial charge in [0.15, 0.2) is 5.82 Å². The van der Waals surface area contributed by atoms with Crippen LogP contribution < -0.4 is 0 Å². The second kappa shape index (κ2) is 12.6. The first-order valence-corrected chi connectivity index (χ1v) is 18.5. The molecule has 3 aromatic heterocycles. The Morgan fingerprint density at radius 2 is 0.891 bits per heavy atom. The van der Waals surface area contributed by atoms with Crippen LogP contribution in [-0.2, 0) is 0 Å². The van der Waals surface area contributed by atoms with Gasteiger partial charge in [-0.05, 0) is 47.0 Å². The molecule has 256 valence electrons. The van der Waals surface area contributed by atoms with Gasteiger partial charge in [-0.25, -0.2) is 15.0 Å². The van der Waals surface area contributed by atoms with Crippen molar-refractivity contribution in [2.75, 3.05) is 0 Å². The molecule has 11 aromatic rings. The molecular weight excluding hydrogens is 671 g/mol. The second-order valence-electron chi connectivity index (χ2n) is 13.9. The average Bonchev–Trinajstić information content (AvgIpc) is 3.64. The van der Waals surface area contributed by atoms with Crippen LogP contribution in [0.15, 0.2) is 192 Å². The van der Waals surface area contributed by atoms with E-state index in [4.69, 9.17) is 19.4 Å². The smallest absolute Gasteiger partial charge is 0.160 e. The van der Waals surface area contributed by atoms with Gasteiger partial charge in [-0.15, -0.1) is 0 Å². The van der Waals surface area contributed by atoms with E-state index in [0.717, 1.165) is 99.3 Å². The summed E-state index contributed by atoms with van der Waals surface area (Å²) in [5, 5.41) is 6.55. The van der Waals surface area contributed by atoms with E-state index in [-0.39, 0.29) is 0 Å². The molecule has 4 heteroatoms. The molecule has 0 aliphatic carbocycles. The maximum atomic E-state index is 6.57. The number of aromatic nitrogens is 3. The minimum atomic E-state index is 0.678. The van der Waals surface area contributed by atoms with Crippen molar-refractivity contribution < 1.29 is 4.42 Å². The number of hydrogen-bond acceptors (Lipinski definition) is 4. The third kappa shape index (κ3) is 5.19. The molecule has 11 rings (SSSR count). The van der Waals surface area contributed by atoms with Crippen molar-refractivity contribution >= 4 is 54.5 Å². The number of benzene rings is 8. The fourth-order valence-electron chi connectivity index (χ4n) is 8.11. The van der Waals surface area contributed by atoms with Crippen molar-refractivity contribution in [3.63, 3.8) is 0 Å².